The summed E-state index contributed by atoms with van der Waals surface area (Å²) in [4.78, 5) is 12.0. The molecule has 0 aromatic rings. The van der Waals surface area contributed by atoms with Crippen LogP contribution in [0.25, 0.3) is 0 Å². The predicted molar refractivity (Wildman–Crippen MR) is 86.5 cm³/mol. The van der Waals surface area contributed by atoms with E-state index >= 15 is 0 Å². The second-order valence-corrected chi connectivity index (χ2v) is 8.57. The lowest BCUT2D eigenvalue weighted by molar-refractivity contribution is -0.583. The van der Waals surface area contributed by atoms with Crippen molar-refractivity contribution in [2.75, 3.05) is 13.2 Å². The molecule has 4 saturated heterocycles. The SMILES string of the molecule is C[C@@H]1C2CC[C@@H](C)[C@]3(C)CC[C@@]4(C)OO[C@@]23[C@H](O[C@@H]1OCCN)O4. The highest BCUT2D eigenvalue weighted by Gasteiger charge is 2.73. The van der Waals surface area contributed by atoms with Crippen LogP contribution in [-0.2, 0) is 24.0 Å². The molecule has 4 aliphatic heterocycles. The molecule has 0 radical (unpaired) electrons. The molecule has 2 N–H and O–H groups in total. The van der Waals surface area contributed by atoms with E-state index in [-0.39, 0.29) is 23.5 Å². The maximum Gasteiger partial charge on any atom is 0.201 e. The van der Waals surface area contributed by atoms with Gasteiger partial charge >= 0.3 is 0 Å². The first-order valence-corrected chi connectivity index (χ1v) is 9.38. The van der Waals surface area contributed by atoms with Crippen molar-refractivity contribution in [1.82, 2.24) is 0 Å². The zero-order valence-electron chi connectivity index (χ0n) is 15.2. The third-order valence-electron chi connectivity index (χ3n) is 7.32. The van der Waals surface area contributed by atoms with Crippen molar-refractivity contribution in [3.63, 3.8) is 0 Å². The van der Waals surface area contributed by atoms with Crippen LogP contribution in [0.2, 0.25) is 0 Å². The Morgan fingerprint density at radius 2 is 1.92 bits per heavy atom. The molecule has 1 unspecified atom stereocenters. The summed E-state index contributed by atoms with van der Waals surface area (Å²) in [5.74, 6) is 0.262. The van der Waals surface area contributed by atoms with Crippen LogP contribution in [-0.4, -0.2) is 37.1 Å². The van der Waals surface area contributed by atoms with Gasteiger partial charge in [-0.15, -0.1) is 0 Å². The van der Waals surface area contributed by atoms with Gasteiger partial charge < -0.3 is 19.9 Å². The first-order valence-electron chi connectivity index (χ1n) is 9.38. The Kier molecular flexibility index (Phi) is 4.03. The zero-order valence-corrected chi connectivity index (χ0v) is 15.2. The Balaban J connectivity index is 1.76. The first-order chi connectivity index (χ1) is 11.4. The largest absolute Gasteiger partial charge is 0.351 e. The molecule has 6 heteroatoms. The molecule has 24 heavy (non-hydrogen) atoms. The fraction of sp³-hybridized carbons (Fsp3) is 1.00. The van der Waals surface area contributed by atoms with E-state index in [9.17, 15) is 0 Å². The number of hydrogen-bond acceptors (Lipinski definition) is 6. The van der Waals surface area contributed by atoms with Gasteiger partial charge in [0, 0.05) is 30.2 Å². The van der Waals surface area contributed by atoms with Crippen LogP contribution in [0, 0.1) is 23.2 Å². The summed E-state index contributed by atoms with van der Waals surface area (Å²) in [7, 11) is 0. The van der Waals surface area contributed by atoms with Crippen molar-refractivity contribution in [2.45, 2.75) is 77.3 Å². The zero-order chi connectivity index (χ0) is 17.2. The minimum absolute atomic E-state index is 0.0397. The van der Waals surface area contributed by atoms with Gasteiger partial charge in [-0.3, -0.25) is 0 Å². The summed E-state index contributed by atoms with van der Waals surface area (Å²) in [6.45, 7) is 9.77. The lowest BCUT2D eigenvalue weighted by Crippen LogP contribution is -2.73. The molecule has 8 atom stereocenters. The first kappa shape index (κ1) is 17.2. The molecule has 1 saturated carbocycles. The lowest BCUT2D eigenvalue weighted by atomic mass is 9.50. The van der Waals surface area contributed by atoms with Gasteiger partial charge in [-0.05, 0) is 32.1 Å². The van der Waals surface area contributed by atoms with E-state index in [1.54, 1.807) is 0 Å². The van der Waals surface area contributed by atoms with Gasteiger partial charge in [-0.2, -0.15) is 0 Å². The molecule has 0 amide bonds. The van der Waals surface area contributed by atoms with Gasteiger partial charge in [0.05, 0.1) is 6.61 Å². The van der Waals surface area contributed by atoms with Crippen molar-refractivity contribution >= 4 is 0 Å². The van der Waals surface area contributed by atoms with Crippen LogP contribution >= 0.6 is 0 Å². The molecule has 1 aliphatic carbocycles. The van der Waals surface area contributed by atoms with E-state index in [1.807, 2.05) is 6.92 Å². The van der Waals surface area contributed by atoms with Crippen molar-refractivity contribution < 1.29 is 24.0 Å². The molecule has 4 heterocycles. The molecular formula is C18H31NO5. The van der Waals surface area contributed by atoms with E-state index in [1.165, 1.54) is 6.42 Å². The molecule has 138 valence electrons. The molecule has 6 nitrogen and oxygen atoms in total. The van der Waals surface area contributed by atoms with Crippen LogP contribution in [0.15, 0.2) is 0 Å². The van der Waals surface area contributed by atoms with Crippen molar-refractivity contribution in [3.8, 4) is 0 Å². The van der Waals surface area contributed by atoms with Crippen molar-refractivity contribution in [2.24, 2.45) is 28.9 Å². The second kappa shape index (κ2) is 5.63. The molecule has 2 bridgehead atoms. The van der Waals surface area contributed by atoms with Crippen LogP contribution < -0.4 is 5.73 Å². The van der Waals surface area contributed by atoms with Gasteiger partial charge in [0.1, 0.15) is 0 Å². The van der Waals surface area contributed by atoms with Crippen molar-refractivity contribution in [1.29, 1.82) is 0 Å². The Labute approximate surface area is 144 Å². The highest BCUT2D eigenvalue weighted by atomic mass is 17.3. The molecule has 5 fully saturated rings. The average molecular weight is 341 g/mol. The van der Waals surface area contributed by atoms with Crippen molar-refractivity contribution in [3.05, 3.63) is 0 Å². The molecular weight excluding hydrogens is 310 g/mol. The molecule has 0 aromatic heterocycles. The van der Waals surface area contributed by atoms with E-state index < -0.39 is 17.7 Å². The summed E-state index contributed by atoms with van der Waals surface area (Å²) in [5, 5.41) is 0. The highest BCUT2D eigenvalue weighted by molar-refractivity contribution is 5.14. The summed E-state index contributed by atoms with van der Waals surface area (Å²) < 4.78 is 18.5. The Morgan fingerprint density at radius 1 is 1.12 bits per heavy atom. The van der Waals surface area contributed by atoms with E-state index in [4.69, 9.17) is 29.7 Å². The maximum atomic E-state index is 6.32. The highest BCUT2D eigenvalue weighted by Crippen LogP contribution is 2.66. The lowest BCUT2D eigenvalue weighted by Gasteiger charge is -2.64. The summed E-state index contributed by atoms with van der Waals surface area (Å²) >= 11 is 0. The average Bonchev–Trinajstić information content (AvgIpc) is 2.74. The molecule has 0 aromatic carbocycles. The number of ether oxygens (including phenoxy) is 3. The Bertz CT molecular complexity index is 504. The topological polar surface area (TPSA) is 72.2 Å². The standard InChI is InChI=1S/C18H31NO5/c1-11-5-6-13-12(2)14(20-10-9-19)21-15-18(13)16(11,3)7-8-17(4,22-15)23-24-18/h11-15H,5-10,19H2,1-4H3/t11-,12-,13?,14+,15-,16+,17-,18-/m1/s1. The molecule has 5 aliphatic rings. The summed E-state index contributed by atoms with van der Waals surface area (Å²) in [5.41, 5.74) is 5.00. The number of nitrogens with two attached hydrogens (primary N) is 1. The normalized spacial score (nSPS) is 56.6. The Hall–Kier alpha value is -0.240. The Morgan fingerprint density at radius 3 is 2.67 bits per heavy atom. The van der Waals surface area contributed by atoms with Gasteiger partial charge in [0.15, 0.2) is 18.2 Å². The number of hydrogen-bond donors (Lipinski definition) is 1. The quantitative estimate of drug-likeness (QED) is 0.796. The number of fused-ring (bicyclic) bond motifs is 2. The van der Waals surface area contributed by atoms with Gasteiger partial charge in [0.25, 0.3) is 0 Å². The van der Waals surface area contributed by atoms with E-state index in [0.29, 0.717) is 19.1 Å². The van der Waals surface area contributed by atoms with Crippen LogP contribution in [0.1, 0.15) is 53.4 Å². The predicted octanol–water partition coefficient (Wildman–Crippen LogP) is 2.56. The second-order valence-electron chi connectivity index (χ2n) is 8.57. The summed E-state index contributed by atoms with van der Waals surface area (Å²) in [6, 6.07) is 0. The minimum atomic E-state index is -0.750. The molecule has 5 rings (SSSR count). The monoisotopic (exact) mass is 341 g/mol. The third kappa shape index (κ3) is 2.10. The van der Waals surface area contributed by atoms with E-state index in [0.717, 1.165) is 19.3 Å². The third-order valence-corrected chi connectivity index (χ3v) is 7.32. The minimum Gasteiger partial charge on any atom is -0.351 e. The van der Waals surface area contributed by atoms with Gasteiger partial charge in [0.2, 0.25) is 5.79 Å². The molecule has 1 spiro atoms. The van der Waals surface area contributed by atoms with Crippen LogP contribution in [0.5, 0.6) is 0 Å². The fourth-order valence-corrected chi connectivity index (χ4v) is 5.52. The van der Waals surface area contributed by atoms with Crippen LogP contribution in [0.4, 0.5) is 0 Å². The van der Waals surface area contributed by atoms with E-state index in [2.05, 4.69) is 20.8 Å². The summed E-state index contributed by atoms with van der Waals surface area (Å²) in [6.07, 6.45) is 3.31. The van der Waals surface area contributed by atoms with Gasteiger partial charge in [-0.25, -0.2) is 9.78 Å². The maximum absolute atomic E-state index is 6.32. The number of rotatable bonds is 3. The fourth-order valence-electron chi connectivity index (χ4n) is 5.52. The smallest absolute Gasteiger partial charge is 0.201 e. The van der Waals surface area contributed by atoms with Crippen LogP contribution in [0.3, 0.4) is 0 Å². The van der Waals surface area contributed by atoms with Gasteiger partial charge in [-0.1, -0.05) is 20.8 Å².